The van der Waals surface area contributed by atoms with E-state index in [9.17, 15) is 0 Å². The molecule has 0 heterocycles. The van der Waals surface area contributed by atoms with Crippen molar-refractivity contribution in [2.24, 2.45) is 22.2 Å². The molecule has 0 amide bonds. The van der Waals surface area contributed by atoms with Crippen LogP contribution in [0.4, 0.5) is 0 Å². The van der Waals surface area contributed by atoms with Crippen molar-refractivity contribution in [1.82, 2.24) is 0 Å². The van der Waals surface area contributed by atoms with Crippen LogP contribution in [0.2, 0.25) is 0 Å². The summed E-state index contributed by atoms with van der Waals surface area (Å²) in [7, 11) is 0. The fourth-order valence-electron chi connectivity index (χ4n) is 2.74. The predicted molar refractivity (Wildman–Crippen MR) is 47.0 cm³/mol. The molecule has 3 rings (SSSR count). The van der Waals surface area contributed by atoms with Crippen molar-refractivity contribution < 1.29 is 5.21 Å². The van der Waals surface area contributed by atoms with Crippen molar-refractivity contribution in [3.63, 3.8) is 0 Å². The molecule has 12 heavy (non-hydrogen) atoms. The van der Waals surface area contributed by atoms with Crippen molar-refractivity contribution in [1.29, 1.82) is 0 Å². The van der Waals surface area contributed by atoms with E-state index in [4.69, 9.17) is 10.9 Å². The van der Waals surface area contributed by atoms with Crippen LogP contribution in [0, 0.1) is 11.3 Å². The molecule has 3 heteroatoms. The summed E-state index contributed by atoms with van der Waals surface area (Å²) < 4.78 is 0. The summed E-state index contributed by atoms with van der Waals surface area (Å²) in [6.07, 6.45) is 7.22. The third-order valence-electron chi connectivity index (χ3n) is 3.74. The highest BCUT2D eigenvalue weighted by Gasteiger charge is 2.43. The summed E-state index contributed by atoms with van der Waals surface area (Å²) in [5.41, 5.74) is 5.79. The molecule has 0 radical (unpaired) electrons. The second kappa shape index (κ2) is 2.64. The van der Waals surface area contributed by atoms with E-state index in [0.29, 0.717) is 5.84 Å². The smallest absolute Gasteiger partial charge is 0.145 e. The lowest BCUT2D eigenvalue weighted by Crippen LogP contribution is -2.44. The molecule has 0 aromatic heterocycles. The Kier molecular flexibility index (Phi) is 1.74. The SMILES string of the molecule is NC(=NO)C12CCC(CC1)CC2. The number of hydrogen-bond donors (Lipinski definition) is 2. The molecule has 0 aromatic rings. The van der Waals surface area contributed by atoms with Gasteiger partial charge in [0, 0.05) is 5.41 Å². The lowest BCUT2D eigenvalue weighted by atomic mass is 9.60. The summed E-state index contributed by atoms with van der Waals surface area (Å²) in [6.45, 7) is 0. The summed E-state index contributed by atoms with van der Waals surface area (Å²) in [4.78, 5) is 0. The summed E-state index contributed by atoms with van der Waals surface area (Å²) in [5.74, 6) is 1.40. The maximum Gasteiger partial charge on any atom is 0.145 e. The Hall–Kier alpha value is -0.730. The first-order valence-corrected chi connectivity index (χ1v) is 4.75. The van der Waals surface area contributed by atoms with Crippen molar-refractivity contribution in [3.8, 4) is 0 Å². The first kappa shape index (κ1) is 7.90. The predicted octanol–water partition coefficient (Wildman–Crippen LogP) is 1.70. The first-order chi connectivity index (χ1) is 5.77. The molecular formula is C9H16N2O. The molecule has 0 aromatic carbocycles. The lowest BCUT2D eigenvalue weighted by Gasteiger charge is -2.45. The van der Waals surface area contributed by atoms with Crippen LogP contribution in [0.15, 0.2) is 5.16 Å². The Labute approximate surface area is 72.6 Å². The average molecular weight is 168 g/mol. The minimum atomic E-state index is 0.0729. The Bertz CT molecular complexity index is 191. The van der Waals surface area contributed by atoms with Crippen molar-refractivity contribution in [3.05, 3.63) is 0 Å². The van der Waals surface area contributed by atoms with Crippen LogP contribution in [0.3, 0.4) is 0 Å². The summed E-state index contributed by atoms with van der Waals surface area (Å²) in [6, 6.07) is 0. The van der Waals surface area contributed by atoms with Gasteiger partial charge < -0.3 is 10.9 Å². The lowest BCUT2D eigenvalue weighted by molar-refractivity contribution is 0.122. The molecule has 3 aliphatic carbocycles. The minimum Gasteiger partial charge on any atom is -0.409 e. The fraction of sp³-hybridized carbons (Fsp3) is 0.889. The zero-order valence-corrected chi connectivity index (χ0v) is 7.29. The van der Waals surface area contributed by atoms with Crippen molar-refractivity contribution in [2.75, 3.05) is 0 Å². The number of nitrogens with zero attached hydrogens (tertiary/aromatic N) is 1. The van der Waals surface area contributed by atoms with E-state index < -0.39 is 0 Å². The number of fused-ring (bicyclic) bond motifs is 3. The molecule has 3 nitrogen and oxygen atoms in total. The highest BCUT2D eigenvalue weighted by Crippen LogP contribution is 2.50. The number of hydrogen-bond acceptors (Lipinski definition) is 2. The Morgan fingerprint density at radius 3 is 2.17 bits per heavy atom. The number of amidine groups is 1. The highest BCUT2D eigenvalue weighted by molar-refractivity contribution is 5.86. The largest absolute Gasteiger partial charge is 0.409 e. The van der Waals surface area contributed by atoms with Gasteiger partial charge in [0.2, 0.25) is 0 Å². The van der Waals surface area contributed by atoms with Gasteiger partial charge >= 0.3 is 0 Å². The number of oxime groups is 1. The number of rotatable bonds is 1. The van der Waals surface area contributed by atoms with E-state index in [1.165, 1.54) is 19.3 Å². The van der Waals surface area contributed by atoms with Crippen LogP contribution in [-0.4, -0.2) is 11.0 Å². The van der Waals surface area contributed by atoms with E-state index in [1.54, 1.807) is 0 Å². The van der Waals surface area contributed by atoms with E-state index in [0.717, 1.165) is 25.2 Å². The second-order valence-corrected chi connectivity index (χ2v) is 4.25. The fourth-order valence-corrected chi connectivity index (χ4v) is 2.74. The average Bonchev–Trinajstić information content (AvgIpc) is 2.19. The Morgan fingerprint density at radius 1 is 1.25 bits per heavy atom. The molecule has 3 aliphatic rings. The van der Waals surface area contributed by atoms with E-state index >= 15 is 0 Å². The zero-order chi connectivity index (χ0) is 8.60. The molecule has 3 fully saturated rings. The van der Waals surface area contributed by atoms with Crippen molar-refractivity contribution >= 4 is 5.84 Å². The van der Waals surface area contributed by atoms with Crippen LogP contribution in [0.25, 0.3) is 0 Å². The second-order valence-electron chi connectivity index (χ2n) is 4.25. The summed E-state index contributed by atoms with van der Waals surface area (Å²) in [5, 5.41) is 11.8. The third-order valence-corrected chi connectivity index (χ3v) is 3.74. The van der Waals surface area contributed by atoms with Gasteiger partial charge in [-0.15, -0.1) is 0 Å². The monoisotopic (exact) mass is 168 g/mol. The van der Waals surface area contributed by atoms with E-state index in [-0.39, 0.29) is 5.41 Å². The summed E-state index contributed by atoms with van der Waals surface area (Å²) >= 11 is 0. The molecule has 2 bridgehead atoms. The Balaban J connectivity index is 2.19. The van der Waals surface area contributed by atoms with Gasteiger partial charge in [-0.3, -0.25) is 0 Å². The van der Waals surface area contributed by atoms with E-state index in [2.05, 4.69) is 5.16 Å². The third kappa shape index (κ3) is 0.993. The van der Waals surface area contributed by atoms with Crippen LogP contribution < -0.4 is 5.73 Å². The molecule has 3 saturated carbocycles. The maximum atomic E-state index is 8.66. The van der Waals surface area contributed by atoms with Gasteiger partial charge in [-0.2, -0.15) is 0 Å². The van der Waals surface area contributed by atoms with Gasteiger partial charge in [0.15, 0.2) is 0 Å². The van der Waals surface area contributed by atoms with E-state index in [1.807, 2.05) is 0 Å². The molecule has 0 saturated heterocycles. The Morgan fingerprint density at radius 2 is 1.75 bits per heavy atom. The zero-order valence-electron chi connectivity index (χ0n) is 7.29. The van der Waals surface area contributed by atoms with Crippen LogP contribution in [0.1, 0.15) is 38.5 Å². The standard InChI is InChI=1S/C9H16N2O/c10-8(11-12)9-4-1-7(2-5-9)3-6-9/h7,12H,1-6H2,(H2,10,11). The van der Waals surface area contributed by atoms with Gasteiger partial charge in [0.1, 0.15) is 5.84 Å². The molecule has 0 spiro atoms. The van der Waals surface area contributed by atoms with Crippen LogP contribution in [0.5, 0.6) is 0 Å². The normalized spacial score (nSPS) is 41.7. The van der Waals surface area contributed by atoms with Gasteiger partial charge in [-0.05, 0) is 44.4 Å². The molecule has 68 valence electrons. The quantitative estimate of drug-likeness (QED) is 0.271. The topological polar surface area (TPSA) is 58.6 Å². The van der Waals surface area contributed by atoms with Gasteiger partial charge in [-0.1, -0.05) is 5.16 Å². The van der Waals surface area contributed by atoms with Gasteiger partial charge in [-0.25, -0.2) is 0 Å². The van der Waals surface area contributed by atoms with Crippen LogP contribution in [-0.2, 0) is 0 Å². The van der Waals surface area contributed by atoms with Crippen molar-refractivity contribution in [2.45, 2.75) is 38.5 Å². The van der Waals surface area contributed by atoms with Gasteiger partial charge in [0.05, 0.1) is 0 Å². The molecular weight excluding hydrogens is 152 g/mol. The highest BCUT2D eigenvalue weighted by atomic mass is 16.4. The molecule has 0 atom stereocenters. The molecule has 3 N–H and O–H groups in total. The minimum absolute atomic E-state index is 0.0729. The maximum absolute atomic E-state index is 8.66. The van der Waals surface area contributed by atoms with Crippen LogP contribution >= 0.6 is 0 Å². The molecule has 0 unspecified atom stereocenters. The molecule has 0 aliphatic heterocycles. The number of nitrogens with two attached hydrogens (primary N) is 1. The van der Waals surface area contributed by atoms with Gasteiger partial charge in [0.25, 0.3) is 0 Å². The first-order valence-electron chi connectivity index (χ1n) is 4.75.